The van der Waals surface area contributed by atoms with Crippen molar-refractivity contribution in [2.24, 2.45) is 110 Å². The summed E-state index contributed by atoms with van der Waals surface area (Å²) < 4.78 is 0. The van der Waals surface area contributed by atoms with E-state index in [0.29, 0.717) is 30.1 Å². The van der Waals surface area contributed by atoms with Crippen LogP contribution >= 0.6 is 0 Å². The number of nitrogens with zero attached hydrogens (tertiary/aromatic N) is 6. The first kappa shape index (κ1) is 54.6. The normalized spacial score (nSPS) is 46.9. The van der Waals surface area contributed by atoms with E-state index in [1.165, 1.54) is 0 Å². The summed E-state index contributed by atoms with van der Waals surface area (Å²) in [7, 11) is 0. The number of carbonyl (C=O) groups excluding carboxylic acids is 2. The van der Waals surface area contributed by atoms with Gasteiger partial charge in [-0.05, 0) is 205 Å². The molecule has 18 nitrogen and oxygen atoms in total. The van der Waals surface area contributed by atoms with E-state index in [2.05, 4.69) is 107 Å². The quantitative estimate of drug-likeness (QED) is 0.108. The molecule has 0 aliphatic heterocycles. The van der Waals surface area contributed by atoms with Crippen LogP contribution in [0.15, 0.2) is 0 Å². The number of anilines is 2. The number of tetrazole rings is 2. The Labute approximate surface area is 433 Å². The monoisotopic (exact) mass is 1020 g/mol. The number of aliphatic hydroxyl groups is 6. The molecule has 8 saturated carbocycles. The molecule has 2 aromatic rings. The van der Waals surface area contributed by atoms with Crippen LogP contribution < -0.4 is 10.6 Å². The maximum atomic E-state index is 12.7. The van der Waals surface area contributed by atoms with E-state index in [1.54, 1.807) is 0 Å². The molecule has 10 N–H and O–H groups in total. The number of fused-ring (bicyclic) bond motifs is 10. The van der Waals surface area contributed by atoms with E-state index in [-0.39, 0.29) is 135 Å². The first-order valence-corrected chi connectivity index (χ1v) is 28.8. The van der Waals surface area contributed by atoms with Crippen molar-refractivity contribution < 1.29 is 40.2 Å². The van der Waals surface area contributed by atoms with Gasteiger partial charge in [-0.3, -0.25) is 20.2 Å². The zero-order chi connectivity index (χ0) is 52.5. The smallest absolute Gasteiger partial charge is 0.269 e. The first-order valence-electron chi connectivity index (χ1n) is 28.8. The number of amides is 2. The van der Waals surface area contributed by atoms with Gasteiger partial charge in [-0.1, -0.05) is 85.4 Å². The Hall–Kier alpha value is -3.16. The van der Waals surface area contributed by atoms with Crippen molar-refractivity contribution in [2.45, 2.75) is 208 Å². The number of H-pyrrole nitrogens is 2. The highest BCUT2D eigenvalue weighted by Crippen LogP contribution is 2.71. The second-order valence-corrected chi connectivity index (χ2v) is 26.5. The summed E-state index contributed by atoms with van der Waals surface area (Å²) in [4.78, 5) is 25.2. The lowest BCUT2D eigenvalue weighted by Gasteiger charge is -2.65. The summed E-state index contributed by atoms with van der Waals surface area (Å²) in [6.07, 6.45) is 12.2. The first-order chi connectivity index (χ1) is 34.6. The molecule has 18 heteroatoms. The Balaban J connectivity index is 0.000000180. The highest BCUT2D eigenvalue weighted by atomic mass is 16.3. The largest absolute Gasteiger partial charge is 0.393 e. The molecule has 0 saturated heterocycles. The van der Waals surface area contributed by atoms with Crippen molar-refractivity contribution in [3.05, 3.63) is 0 Å². The van der Waals surface area contributed by atoms with Crippen LogP contribution in [0.3, 0.4) is 0 Å². The predicted octanol–water partition coefficient (Wildman–Crippen LogP) is 6.55. The summed E-state index contributed by atoms with van der Waals surface area (Å²) in [5.74, 6) is 3.56. The van der Waals surface area contributed by atoms with Gasteiger partial charge in [0.25, 0.3) is 11.9 Å². The van der Waals surface area contributed by atoms with Gasteiger partial charge in [0.2, 0.25) is 11.8 Å². The molecule has 2 aromatic heterocycles. The zero-order valence-electron chi connectivity index (χ0n) is 45.3. The van der Waals surface area contributed by atoms with Crippen molar-refractivity contribution in [1.29, 1.82) is 0 Å². The SMILES string of the molecule is CC[C@H]1[C@@H](O)C2C3CCC([C@H](C)CCC(=O)Nc4nn[nH]n4)[C@@]3(C)[C@@H](O)CC2[C@@]2(C)CC[C@@H](O)C[C@@H]12.CC[C@H]1[C@@H](O)C2C3CCC([C@H](C)C[C@H](C)C(=O)Nc4nn[nH]n4)[C@@]3(C)[C@@H](O)CC2[C@@]2(C)CC[C@@H](O)C[C@@H]12. The summed E-state index contributed by atoms with van der Waals surface area (Å²) >= 11 is 0. The van der Waals surface area contributed by atoms with Crippen molar-refractivity contribution in [3.63, 3.8) is 0 Å². The molecule has 410 valence electrons. The summed E-state index contributed by atoms with van der Waals surface area (Å²) in [5.41, 5.74) is -0.427. The number of aromatic amines is 2. The summed E-state index contributed by atoms with van der Waals surface area (Å²) in [6, 6.07) is 0. The van der Waals surface area contributed by atoms with Crippen LogP contribution in [0.1, 0.15) is 171 Å². The number of rotatable bonds is 12. The van der Waals surface area contributed by atoms with Gasteiger partial charge in [0, 0.05) is 12.3 Å². The van der Waals surface area contributed by atoms with Gasteiger partial charge in [0.05, 0.1) is 36.6 Å². The molecule has 8 fully saturated rings. The van der Waals surface area contributed by atoms with Gasteiger partial charge in [-0.25, -0.2) is 0 Å². The minimum Gasteiger partial charge on any atom is -0.393 e. The standard InChI is InChI=1S/C28H47N5O4.C27H45N5O4/c1-6-17-20-12-16(34)9-10-27(20,4)21-13-22(35)28(5)18(7-8-19(28)23(21)24(17)36)14(2)11-15(3)25(37)29-26-30-32-33-31-26;1-5-16-19-12-15(33)10-11-26(19,3)20-13-21(34)27(4)17(7-8-18(27)23(20)24(16)36)14(2)6-9-22(35)28-25-29-31-32-30-25/h14-24,34-36H,6-13H2,1-5H3,(H2,29,30,31,32,33,37);14-21,23-24,33-34,36H,5-13H2,1-4H3,(H2,28,29,30,31,32,35)/t14-,15+,16-,17-,18?,19?,20+,21?,22+,23?,24-,27+,28-;14-,15-,16-,17?,18?,19+,20?,21+,23?,24-,26+,27-/m11/s1. The average Bonchev–Trinajstić information content (AvgIpc) is 4.19. The maximum absolute atomic E-state index is 12.7. The van der Waals surface area contributed by atoms with Gasteiger partial charge < -0.3 is 30.6 Å². The van der Waals surface area contributed by atoms with Crippen LogP contribution in [-0.2, 0) is 9.59 Å². The van der Waals surface area contributed by atoms with Crippen LogP contribution in [0.25, 0.3) is 0 Å². The Bertz CT molecular complexity index is 2190. The van der Waals surface area contributed by atoms with Crippen LogP contribution in [-0.4, -0.2) is 120 Å². The summed E-state index contributed by atoms with van der Waals surface area (Å²) in [5, 5.41) is 101. The fourth-order valence-corrected chi connectivity index (χ4v) is 20.0. The molecule has 0 bridgehead atoms. The minimum atomic E-state index is -0.424. The molecule has 73 heavy (non-hydrogen) atoms. The van der Waals surface area contributed by atoms with Gasteiger partial charge in [0.15, 0.2) is 0 Å². The molecule has 0 aromatic carbocycles. The third-order valence-corrected chi connectivity index (χ3v) is 23.7. The Morgan fingerprint density at radius 2 is 1.05 bits per heavy atom. The van der Waals surface area contributed by atoms with E-state index in [9.17, 15) is 40.2 Å². The molecule has 2 amide bonds. The van der Waals surface area contributed by atoms with Crippen LogP contribution in [0.2, 0.25) is 0 Å². The average molecular weight is 1020 g/mol. The van der Waals surface area contributed by atoms with Gasteiger partial charge in [-0.15, -0.1) is 10.2 Å². The number of hydrogen-bond donors (Lipinski definition) is 10. The molecule has 25 atom stereocenters. The molecular formula is C55H92N10O8. The predicted molar refractivity (Wildman–Crippen MR) is 273 cm³/mol. The third-order valence-electron chi connectivity index (χ3n) is 23.7. The van der Waals surface area contributed by atoms with Crippen molar-refractivity contribution >= 4 is 23.7 Å². The lowest BCUT2D eigenvalue weighted by Crippen LogP contribution is -2.65. The van der Waals surface area contributed by atoms with Gasteiger partial charge >= 0.3 is 0 Å². The molecule has 10 rings (SSSR count). The van der Waals surface area contributed by atoms with E-state index >= 15 is 0 Å². The van der Waals surface area contributed by atoms with Crippen LogP contribution in [0.5, 0.6) is 0 Å². The molecule has 0 radical (unpaired) electrons. The number of aromatic nitrogens is 8. The molecule has 0 spiro atoms. The minimum absolute atomic E-state index is 0.0531. The fraction of sp³-hybridized carbons (Fsp3) is 0.927. The summed E-state index contributed by atoms with van der Waals surface area (Å²) in [6.45, 7) is 20.1. The van der Waals surface area contributed by atoms with E-state index in [4.69, 9.17) is 0 Å². The fourth-order valence-electron chi connectivity index (χ4n) is 20.0. The number of hydrogen-bond acceptors (Lipinski definition) is 14. The zero-order valence-corrected chi connectivity index (χ0v) is 45.3. The molecule has 8 unspecified atom stereocenters. The van der Waals surface area contributed by atoms with E-state index in [0.717, 1.165) is 103 Å². The third kappa shape index (κ3) is 9.30. The Morgan fingerprint density at radius 1 is 0.603 bits per heavy atom. The van der Waals surface area contributed by atoms with Gasteiger partial charge in [0.1, 0.15) is 0 Å². The van der Waals surface area contributed by atoms with Crippen LogP contribution in [0, 0.1) is 110 Å². The van der Waals surface area contributed by atoms with Crippen molar-refractivity contribution in [2.75, 3.05) is 10.6 Å². The van der Waals surface area contributed by atoms with Crippen LogP contribution in [0.4, 0.5) is 11.9 Å². The highest BCUT2D eigenvalue weighted by Gasteiger charge is 2.69. The number of aliphatic hydroxyl groups excluding tert-OH is 6. The molecule has 8 aliphatic rings. The second-order valence-electron chi connectivity index (χ2n) is 26.5. The lowest BCUT2D eigenvalue weighted by molar-refractivity contribution is -0.228. The highest BCUT2D eigenvalue weighted by molar-refractivity contribution is 5.90. The lowest BCUT2D eigenvalue weighted by atomic mass is 9.41. The molecular weight excluding hydrogens is 929 g/mol. The second kappa shape index (κ2) is 21.0. The molecule has 2 heterocycles. The molecule has 8 aliphatic carbocycles. The maximum Gasteiger partial charge on any atom is 0.269 e. The van der Waals surface area contributed by atoms with Crippen molar-refractivity contribution in [1.82, 2.24) is 41.2 Å². The van der Waals surface area contributed by atoms with Gasteiger partial charge in [-0.2, -0.15) is 10.4 Å². The van der Waals surface area contributed by atoms with E-state index in [1.807, 2.05) is 6.92 Å². The van der Waals surface area contributed by atoms with Crippen molar-refractivity contribution in [3.8, 4) is 0 Å². The topological polar surface area (TPSA) is 288 Å². The number of nitrogens with one attached hydrogen (secondary N) is 4. The Kier molecular flexibility index (Phi) is 15.7. The Morgan fingerprint density at radius 3 is 1.49 bits per heavy atom. The van der Waals surface area contributed by atoms with E-state index < -0.39 is 12.2 Å². The number of carbonyl (C=O) groups is 2.